The Labute approximate surface area is 99.4 Å². The van der Waals surface area contributed by atoms with Gasteiger partial charge in [0, 0.05) is 19.1 Å². The highest BCUT2D eigenvalue weighted by Gasteiger charge is 2.35. The molecule has 2 atom stereocenters. The van der Waals surface area contributed by atoms with Gasteiger partial charge in [0.25, 0.3) is 0 Å². The molecule has 0 aromatic heterocycles. The first kappa shape index (κ1) is 14.3. The highest BCUT2D eigenvalue weighted by atomic mass is 19.4. The maximum Gasteiger partial charge on any atom is 0.397 e. The third kappa shape index (κ3) is 4.53. The summed E-state index contributed by atoms with van der Waals surface area (Å²) in [7, 11) is 0. The fraction of sp³-hybridized carbons (Fsp3) is 0.909. The molecule has 6 heteroatoms. The van der Waals surface area contributed by atoms with Crippen LogP contribution in [0.25, 0.3) is 0 Å². The third-order valence-corrected chi connectivity index (χ3v) is 3.08. The van der Waals surface area contributed by atoms with Crippen LogP contribution in [0.15, 0.2) is 0 Å². The average Bonchev–Trinajstić information content (AvgIpc) is 2.18. The molecule has 0 aromatic carbocycles. The number of nitrogens with one attached hydrogen (secondary N) is 1. The number of hydrogen-bond donors (Lipinski definition) is 1. The Hall–Kier alpha value is -0.780. The fourth-order valence-electron chi connectivity index (χ4n) is 2.22. The average molecular weight is 252 g/mol. The van der Waals surface area contributed by atoms with Crippen molar-refractivity contribution < 1.29 is 18.0 Å². The molecule has 0 aromatic rings. The maximum absolute atomic E-state index is 12.1. The van der Waals surface area contributed by atoms with Crippen molar-refractivity contribution in [1.82, 2.24) is 10.2 Å². The number of hydrogen-bond acceptors (Lipinski definition) is 2. The van der Waals surface area contributed by atoms with E-state index in [2.05, 4.69) is 5.32 Å². The van der Waals surface area contributed by atoms with E-state index in [1.54, 1.807) is 0 Å². The summed E-state index contributed by atoms with van der Waals surface area (Å²) in [5.74, 6) is -0.611. The molecular weight excluding hydrogens is 233 g/mol. The minimum atomic E-state index is -4.40. The molecule has 0 bridgehead atoms. The van der Waals surface area contributed by atoms with Gasteiger partial charge in [-0.05, 0) is 18.9 Å². The molecule has 1 aliphatic rings. The van der Waals surface area contributed by atoms with Crippen molar-refractivity contribution in [2.45, 2.75) is 38.9 Å². The Morgan fingerprint density at radius 2 is 2.12 bits per heavy atom. The molecule has 1 amide bonds. The molecule has 1 fully saturated rings. The van der Waals surface area contributed by atoms with Crippen LogP contribution in [-0.2, 0) is 4.79 Å². The molecule has 1 rings (SSSR count). The van der Waals surface area contributed by atoms with Gasteiger partial charge in [-0.2, -0.15) is 13.2 Å². The Balaban J connectivity index is 2.46. The summed E-state index contributed by atoms with van der Waals surface area (Å²) < 4.78 is 36.3. The number of piperidine rings is 1. The van der Waals surface area contributed by atoms with Gasteiger partial charge in [0.05, 0.1) is 0 Å². The molecule has 3 nitrogen and oxygen atoms in total. The molecule has 0 aliphatic carbocycles. The van der Waals surface area contributed by atoms with Gasteiger partial charge < -0.3 is 10.2 Å². The predicted octanol–water partition coefficient (Wildman–Crippen LogP) is 1.79. The first-order valence-electron chi connectivity index (χ1n) is 5.91. The van der Waals surface area contributed by atoms with E-state index in [0.717, 1.165) is 13.0 Å². The molecule has 17 heavy (non-hydrogen) atoms. The topological polar surface area (TPSA) is 32.3 Å². The summed E-state index contributed by atoms with van der Waals surface area (Å²) in [5.41, 5.74) is 0. The van der Waals surface area contributed by atoms with Gasteiger partial charge in [-0.15, -0.1) is 0 Å². The van der Waals surface area contributed by atoms with Crippen molar-refractivity contribution in [1.29, 1.82) is 0 Å². The summed E-state index contributed by atoms with van der Waals surface area (Å²) in [6.45, 7) is 5.61. The lowest BCUT2D eigenvalue weighted by Gasteiger charge is -2.37. The van der Waals surface area contributed by atoms with Crippen LogP contribution in [0.3, 0.4) is 0 Å². The Bertz CT molecular complexity index is 268. The summed E-state index contributed by atoms with van der Waals surface area (Å²) in [6, 6.07) is 0.301. The van der Waals surface area contributed by atoms with Crippen molar-refractivity contribution in [3.05, 3.63) is 0 Å². The predicted molar refractivity (Wildman–Crippen MR) is 58.5 cm³/mol. The van der Waals surface area contributed by atoms with Gasteiger partial charge in [0.1, 0.15) is 6.42 Å². The molecule has 100 valence electrons. The fourth-order valence-corrected chi connectivity index (χ4v) is 2.22. The van der Waals surface area contributed by atoms with Gasteiger partial charge in [-0.25, -0.2) is 0 Å². The van der Waals surface area contributed by atoms with E-state index in [1.165, 1.54) is 4.90 Å². The van der Waals surface area contributed by atoms with E-state index in [-0.39, 0.29) is 5.92 Å². The minimum absolute atomic E-state index is 0.195. The lowest BCUT2D eigenvalue weighted by Crippen LogP contribution is -2.50. The summed E-state index contributed by atoms with van der Waals surface area (Å²) in [5, 5.41) is 3.28. The van der Waals surface area contributed by atoms with E-state index >= 15 is 0 Å². The Morgan fingerprint density at radius 3 is 2.59 bits per heavy atom. The SMILES string of the molecule is CCNC1CCN(C(=O)CC(F)(F)F)CC1C. The maximum atomic E-state index is 12.1. The van der Waals surface area contributed by atoms with Gasteiger partial charge in [0.15, 0.2) is 0 Å². The Kier molecular flexibility index (Phi) is 4.80. The third-order valence-electron chi connectivity index (χ3n) is 3.08. The molecule has 1 aliphatic heterocycles. The molecule has 2 unspecified atom stereocenters. The number of rotatable bonds is 3. The largest absolute Gasteiger partial charge is 0.397 e. The monoisotopic (exact) mass is 252 g/mol. The molecule has 0 saturated carbocycles. The minimum Gasteiger partial charge on any atom is -0.342 e. The van der Waals surface area contributed by atoms with Gasteiger partial charge in [-0.3, -0.25) is 4.79 Å². The smallest absolute Gasteiger partial charge is 0.342 e. The van der Waals surface area contributed by atoms with Crippen LogP contribution in [-0.4, -0.2) is 42.7 Å². The number of alkyl halides is 3. The first-order valence-corrected chi connectivity index (χ1v) is 5.91. The quantitative estimate of drug-likeness (QED) is 0.830. The lowest BCUT2D eigenvalue weighted by molar-refractivity contribution is -0.162. The number of likely N-dealkylation sites (tertiary alicyclic amines) is 1. The number of nitrogens with zero attached hydrogens (tertiary/aromatic N) is 1. The van der Waals surface area contributed by atoms with Crippen molar-refractivity contribution >= 4 is 5.91 Å². The van der Waals surface area contributed by atoms with E-state index in [9.17, 15) is 18.0 Å². The van der Waals surface area contributed by atoms with Crippen molar-refractivity contribution in [3.63, 3.8) is 0 Å². The second-order valence-corrected chi connectivity index (χ2v) is 4.56. The number of carbonyl (C=O) groups is 1. The zero-order valence-corrected chi connectivity index (χ0v) is 10.2. The molecule has 1 saturated heterocycles. The van der Waals surface area contributed by atoms with Crippen LogP contribution < -0.4 is 5.32 Å². The highest BCUT2D eigenvalue weighted by molar-refractivity contribution is 5.77. The van der Waals surface area contributed by atoms with Crippen LogP contribution in [0.1, 0.15) is 26.7 Å². The zero-order chi connectivity index (χ0) is 13.1. The Morgan fingerprint density at radius 1 is 1.47 bits per heavy atom. The lowest BCUT2D eigenvalue weighted by atomic mass is 9.93. The van der Waals surface area contributed by atoms with E-state index in [4.69, 9.17) is 0 Å². The molecular formula is C11H19F3N2O. The normalized spacial score (nSPS) is 26.1. The summed E-state index contributed by atoms with van der Waals surface area (Å²) >= 11 is 0. The van der Waals surface area contributed by atoms with Crippen molar-refractivity contribution in [3.8, 4) is 0 Å². The number of halogens is 3. The molecule has 1 heterocycles. The number of carbonyl (C=O) groups excluding carboxylic acids is 1. The van der Waals surface area contributed by atoms with Crippen molar-refractivity contribution in [2.75, 3.05) is 19.6 Å². The molecule has 0 spiro atoms. The van der Waals surface area contributed by atoms with E-state index in [1.807, 2.05) is 13.8 Å². The van der Waals surface area contributed by atoms with Gasteiger partial charge >= 0.3 is 6.18 Å². The van der Waals surface area contributed by atoms with Crippen LogP contribution in [0.2, 0.25) is 0 Å². The standard InChI is InChI=1S/C11H19F3N2O/c1-3-15-9-4-5-16(7-8(9)2)10(17)6-11(12,13)14/h8-9,15H,3-7H2,1-2H3. The van der Waals surface area contributed by atoms with Crippen molar-refractivity contribution in [2.24, 2.45) is 5.92 Å². The van der Waals surface area contributed by atoms with Crippen LogP contribution in [0.4, 0.5) is 13.2 Å². The van der Waals surface area contributed by atoms with Crippen LogP contribution in [0.5, 0.6) is 0 Å². The second kappa shape index (κ2) is 5.71. The van der Waals surface area contributed by atoms with Crippen LogP contribution >= 0.6 is 0 Å². The molecule has 0 radical (unpaired) electrons. The molecule has 1 N–H and O–H groups in total. The van der Waals surface area contributed by atoms with Gasteiger partial charge in [-0.1, -0.05) is 13.8 Å². The van der Waals surface area contributed by atoms with E-state index < -0.39 is 18.5 Å². The second-order valence-electron chi connectivity index (χ2n) is 4.56. The number of amides is 1. The summed E-state index contributed by atoms with van der Waals surface area (Å²) in [6.07, 6.45) is -5.02. The highest BCUT2D eigenvalue weighted by Crippen LogP contribution is 2.23. The van der Waals surface area contributed by atoms with E-state index in [0.29, 0.717) is 19.1 Å². The van der Waals surface area contributed by atoms with Gasteiger partial charge in [0.2, 0.25) is 5.91 Å². The van der Waals surface area contributed by atoms with Crippen LogP contribution in [0, 0.1) is 5.92 Å². The first-order chi connectivity index (χ1) is 7.83. The zero-order valence-electron chi connectivity index (χ0n) is 10.2. The summed E-state index contributed by atoms with van der Waals surface area (Å²) in [4.78, 5) is 12.7.